The standard InChI is InChI=1S/C18H23NO2/c1-14(20)18(2,3)19-13-15-8-7-11-17(12-15)21-16-9-5-4-6-10-16/h4-12,14,19-20H,13H2,1-3H3. The van der Waals surface area contributed by atoms with Crippen LogP contribution in [-0.4, -0.2) is 16.7 Å². The van der Waals surface area contributed by atoms with E-state index in [1.807, 2.05) is 68.4 Å². The fourth-order valence-corrected chi connectivity index (χ4v) is 1.82. The maximum atomic E-state index is 9.72. The van der Waals surface area contributed by atoms with Gasteiger partial charge in [0.25, 0.3) is 0 Å². The first kappa shape index (κ1) is 15.5. The molecule has 2 N–H and O–H groups in total. The number of aliphatic hydroxyl groups excluding tert-OH is 1. The van der Waals surface area contributed by atoms with Crippen molar-refractivity contribution in [3.8, 4) is 11.5 Å². The summed E-state index contributed by atoms with van der Waals surface area (Å²) in [5, 5.41) is 13.1. The van der Waals surface area contributed by atoms with Gasteiger partial charge in [-0.05, 0) is 50.6 Å². The van der Waals surface area contributed by atoms with E-state index in [1.54, 1.807) is 6.92 Å². The second-order valence-electron chi connectivity index (χ2n) is 5.81. The molecule has 0 aliphatic heterocycles. The van der Waals surface area contributed by atoms with Crippen molar-refractivity contribution in [3.05, 3.63) is 60.2 Å². The lowest BCUT2D eigenvalue weighted by Gasteiger charge is -2.29. The number of nitrogens with one attached hydrogen (secondary N) is 1. The molecule has 0 saturated heterocycles. The van der Waals surface area contributed by atoms with Crippen LogP contribution in [0.4, 0.5) is 0 Å². The van der Waals surface area contributed by atoms with Crippen LogP contribution in [0.25, 0.3) is 0 Å². The third-order valence-electron chi connectivity index (χ3n) is 3.67. The van der Waals surface area contributed by atoms with Gasteiger partial charge >= 0.3 is 0 Å². The van der Waals surface area contributed by atoms with E-state index >= 15 is 0 Å². The van der Waals surface area contributed by atoms with Crippen LogP contribution in [-0.2, 0) is 6.54 Å². The predicted molar refractivity (Wildman–Crippen MR) is 85.6 cm³/mol. The van der Waals surface area contributed by atoms with Crippen LogP contribution in [0.5, 0.6) is 11.5 Å². The van der Waals surface area contributed by atoms with Gasteiger partial charge in [0.2, 0.25) is 0 Å². The Morgan fingerprint density at radius 2 is 1.71 bits per heavy atom. The summed E-state index contributed by atoms with van der Waals surface area (Å²) in [6.07, 6.45) is -0.416. The van der Waals surface area contributed by atoms with Crippen LogP contribution in [0.1, 0.15) is 26.3 Å². The molecule has 2 rings (SSSR count). The molecule has 0 amide bonds. The second kappa shape index (κ2) is 6.74. The smallest absolute Gasteiger partial charge is 0.127 e. The number of hydrogen-bond acceptors (Lipinski definition) is 3. The van der Waals surface area contributed by atoms with Gasteiger partial charge in [-0.25, -0.2) is 0 Å². The van der Waals surface area contributed by atoms with E-state index in [0.717, 1.165) is 17.1 Å². The number of rotatable bonds is 6. The molecule has 0 spiro atoms. The van der Waals surface area contributed by atoms with E-state index in [1.165, 1.54) is 0 Å². The molecular weight excluding hydrogens is 262 g/mol. The highest BCUT2D eigenvalue weighted by Gasteiger charge is 2.22. The summed E-state index contributed by atoms with van der Waals surface area (Å²) in [7, 11) is 0. The summed E-state index contributed by atoms with van der Waals surface area (Å²) in [5.41, 5.74) is 0.799. The fraction of sp³-hybridized carbons (Fsp3) is 0.333. The molecule has 2 aromatic carbocycles. The zero-order chi connectivity index (χ0) is 15.3. The van der Waals surface area contributed by atoms with Crippen LogP contribution in [0.2, 0.25) is 0 Å². The molecule has 1 atom stereocenters. The van der Waals surface area contributed by atoms with Gasteiger partial charge in [-0.3, -0.25) is 0 Å². The minimum Gasteiger partial charge on any atom is -0.457 e. The highest BCUT2D eigenvalue weighted by Crippen LogP contribution is 2.22. The van der Waals surface area contributed by atoms with E-state index in [0.29, 0.717) is 6.54 Å². The van der Waals surface area contributed by atoms with Crippen molar-refractivity contribution in [1.29, 1.82) is 0 Å². The van der Waals surface area contributed by atoms with Crippen molar-refractivity contribution < 1.29 is 9.84 Å². The Balaban J connectivity index is 2.01. The van der Waals surface area contributed by atoms with Gasteiger partial charge in [0, 0.05) is 12.1 Å². The topological polar surface area (TPSA) is 41.5 Å². The molecule has 0 aliphatic carbocycles. The number of para-hydroxylation sites is 1. The van der Waals surface area contributed by atoms with Crippen molar-refractivity contribution in [2.75, 3.05) is 0 Å². The van der Waals surface area contributed by atoms with Crippen LogP contribution in [0.3, 0.4) is 0 Å². The van der Waals surface area contributed by atoms with E-state index in [4.69, 9.17) is 4.74 Å². The van der Waals surface area contributed by atoms with Gasteiger partial charge in [0.15, 0.2) is 0 Å². The van der Waals surface area contributed by atoms with E-state index in [9.17, 15) is 5.11 Å². The largest absolute Gasteiger partial charge is 0.457 e. The molecule has 3 heteroatoms. The van der Waals surface area contributed by atoms with Crippen molar-refractivity contribution in [2.45, 2.75) is 39.0 Å². The van der Waals surface area contributed by atoms with Crippen LogP contribution >= 0.6 is 0 Å². The molecule has 3 nitrogen and oxygen atoms in total. The van der Waals surface area contributed by atoms with Gasteiger partial charge in [-0.1, -0.05) is 30.3 Å². The molecule has 0 saturated carbocycles. The lowest BCUT2D eigenvalue weighted by Crippen LogP contribution is -2.47. The quantitative estimate of drug-likeness (QED) is 0.849. The maximum absolute atomic E-state index is 9.72. The molecule has 0 radical (unpaired) electrons. The Labute approximate surface area is 126 Å². The second-order valence-corrected chi connectivity index (χ2v) is 5.81. The first-order chi connectivity index (χ1) is 9.97. The van der Waals surface area contributed by atoms with Gasteiger partial charge in [-0.15, -0.1) is 0 Å². The van der Waals surface area contributed by atoms with E-state index < -0.39 is 6.10 Å². The van der Waals surface area contributed by atoms with E-state index in [-0.39, 0.29) is 5.54 Å². The predicted octanol–water partition coefficient (Wildman–Crippen LogP) is 3.73. The van der Waals surface area contributed by atoms with Crippen molar-refractivity contribution in [1.82, 2.24) is 5.32 Å². The Morgan fingerprint density at radius 3 is 2.38 bits per heavy atom. The summed E-state index contributed by atoms with van der Waals surface area (Å²) < 4.78 is 5.82. The lowest BCUT2D eigenvalue weighted by molar-refractivity contribution is 0.0956. The van der Waals surface area contributed by atoms with Gasteiger partial charge in [0.1, 0.15) is 11.5 Å². The van der Waals surface area contributed by atoms with Crippen molar-refractivity contribution >= 4 is 0 Å². The highest BCUT2D eigenvalue weighted by atomic mass is 16.5. The minimum atomic E-state index is -0.416. The summed E-state index contributed by atoms with van der Waals surface area (Å²) in [6, 6.07) is 17.7. The first-order valence-electron chi connectivity index (χ1n) is 7.22. The third kappa shape index (κ3) is 4.59. The minimum absolute atomic E-state index is 0.323. The molecule has 0 heterocycles. The molecule has 112 valence electrons. The SMILES string of the molecule is CC(O)C(C)(C)NCc1cccc(Oc2ccccc2)c1. The zero-order valence-corrected chi connectivity index (χ0v) is 12.8. The number of aliphatic hydroxyl groups is 1. The van der Waals surface area contributed by atoms with Gasteiger partial charge in [0.05, 0.1) is 6.10 Å². The average Bonchev–Trinajstić information content (AvgIpc) is 2.47. The average molecular weight is 285 g/mol. The third-order valence-corrected chi connectivity index (χ3v) is 3.67. The maximum Gasteiger partial charge on any atom is 0.127 e. The van der Waals surface area contributed by atoms with E-state index in [2.05, 4.69) is 5.32 Å². The summed E-state index contributed by atoms with van der Waals surface area (Å²) in [5.74, 6) is 1.64. The normalized spacial score (nSPS) is 13.0. The zero-order valence-electron chi connectivity index (χ0n) is 12.8. The highest BCUT2D eigenvalue weighted by molar-refractivity contribution is 5.33. The molecule has 0 aromatic heterocycles. The lowest BCUT2D eigenvalue weighted by atomic mass is 9.98. The Kier molecular flexibility index (Phi) is 4.99. The molecule has 2 aromatic rings. The van der Waals surface area contributed by atoms with Crippen molar-refractivity contribution in [3.63, 3.8) is 0 Å². The Hall–Kier alpha value is -1.84. The van der Waals surface area contributed by atoms with Crippen LogP contribution in [0, 0.1) is 0 Å². The molecule has 1 unspecified atom stereocenters. The van der Waals surface area contributed by atoms with Gasteiger partial charge < -0.3 is 15.2 Å². The Bertz CT molecular complexity index is 564. The summed E-state index contributed by atoms with van der Waals surface area (Å²) in [6.45, 7) is 6.45. The molecule has 0 aliphatic rings. The van der Waals surface area contributed by atoms with Gasteiger partial charge in [-0.2, -0.15) is 0 Å². The first-order valence-corrected chi connectivity index (χ1v) is 7.22. The van der Waals surface area contributed by atoms with Crippen LogP contribution < -0.4 is 10.1 Å². The van der Waals surface area contributed by atoms with Crippen LogP contribution in [0.15, 0.2) is 54.6 Å². The molecule has 0 fully saturated rings. The number of ether oxygens (including phenoxy) is 1. The number of benzene rings is 2. The Morgan fingerprint density at radius 1 is 1.05 bits per heavy atom. The van der Waals surface area contributed by atoms with Crippen molar-refractivity contribution in [2.24, 2.45) is 0 Å². The fourth-order valence-electron chi connectivity index (χ4n) is 1.82. The summed E-state index contributed by atoms with van der Waals surface area (Å²) >= 11 is 0. The number of hydrogen-bond donors (Lipinski definition) is 2. The molecule has 0 bridgehead atoms. The monoisotopic (exact) mass is 285 g/mol. The molecule has 21 heavy (non-hydrogen) atoms. The summed E-state index contributed by atoms with van der Waals surface area (Å²) in [4.78, 5) is 0. The molecular formula is C18H23NO2.